The van der Waals surface area contributed by atoms with Crippen LogP contribution in [0.15, 0.2) is 33.5 Å². The van der Waals surface area contributed by atoms with Crippen LogP contribution in [0.25, 0.3) is 11.1 Å². The van der Waals surface area contributed by atoms with Crippen molar-refractivity contribution >= 4 is 26.8 Å². The first-order valence-electron chi connectivity index (χ1n) is 10.2. The quantitative estimate of drug-likeness (QED) is 0.572. The van der Waals surface area contributed by atoms with Gasteiger partial charge in [-0.1, -0.05) is 12.1 Å². The Hall–Kier alpha value is -2.88. The van der Waals surface area contributed by atoms with Gasteiger partial charge >= 0.3 is 5.76 Å². The molecule has 9 nitrogen and oxygen atoms in total. The molecule has 3 aromatic rings. The van der Waals surface area contributed by atoms with Crippen LogP contribution < -0.4 is 5.76 Å². The van der Waals surface area contributed by atoms with Gasteiger partial charge < -0.3 is 9.32 Å². The van der Waals surface area contributed by atoms with Crippen molar-refractivity contribution in [3.63, 3.8) is 0 Å². The summed E-state index contributed by atoms with van der Waals surface area (Å²) in [5.74, 6) is -0.286. The van der Waals surface area contributed by atoms with E-state index in [0.717, 1.165) is 17.0 Å². The van der Waals surface area contributed by atoms with E-state index in [2.05, 4.69) is 5.10 Å². The van der Waals surface area contributed by atoms with Gasteiger partial charge in [-0.3, -0.25) is 14.0 Å². The smallest absolute Gasteiger partial charge is 0.408 e. The second-order valence-electron chi connectivity index (χ2n) is 8.14. The van der Waals surface area contributed by atoms with Gasteiger partial charge in [0.15, 0.2) is 15.4 Å². The third kappa shape index (κ3) is 4.16. The van der Waals surface area contributed by atoms with E-state index >= 15 is 0 Å². The van der Waals surface area contributed by atoms with E-state index in [1.165, 1.54) is 4.57 Å². The van der Waals surface area contributed by atoms with Crippen molar-refractivity contribution in [3.05, 3.63) is 51.8 Å². The fraction of sp³-hybridized carbons (Fsp3) is 0.476. The molecule has 10 heteroatoms. The van der Waals surface area contributed by atoms with E-state index in [4.69, 9.17) is 4.42 Å². The minimum Gasteiger partial charge on any atom is -0.408 e. The van der Waals surface area contributed by atoms with Crippen LogP contribution in [-0.4, -0.2) is 52.1 Å². The minimum absolute atomic E-state index is 0.104. The van der Waals surface area contributed by atoms with Gasteiger partial charge in [-0.15, -0.1) is 0 Å². The molecule has 0 N–H and O–H groups in total. The third-order valence-corrected chi connectivity index (χ3v) is 7.72. The predicted molar refractivity (Wildman–Crippen MR) is 116 cm³/mol. The number of aromatic nitrogens is 3. The Balaban J connectivity index is 1.44. The molecule has 1 atom stereocenters. The summed E-state index contributed by atoms with van der Waals surface area (Å²) in [5, 5.41) is 4.56. The summed E-state index contributed by atoms with van der Waals surface area (Å²) in [7, 11) is -1.29. The number of rotatable bonds is 6. The van der Waals surface area contributed by atoms with Gasteiger partial charge in [0, 0.05) is 37.8 Å². The summed E-state index contributed by atoms with van der Waals surface area (Å²) in [4.78, 5) is 26.4. The standard InChI is InChI=1S/C21H26N4O5S/c1-14-17(15(2)25(22-14)16-9-11-31(28,29)13-16)12-23(3)20(26)8-10-24-18-6-4-5-7-19(18)30-21(24)27/h4-7,16H,8-13H2,1-3H3. The second-order valence-corrected chi connectivity index (χ2v) is 10.4. The normalized spacial score (nSPS) is 18.0. The summed E-state index contributed by atoms with van der Waals surface area (Å²) >= 11 is 0. The molecule has 1 unspecified atom stereocenters. The molecule has 3 heterocycles. The maximum Gasteiger partial charge on any atom is 0.419 e. The van der Waals surface area contributed by atoms with Gasteiger partial charge in [-0.05, 0) is 32.4 Å². The van der Waals surface area contributed by atoms with Gasteiger partial charge in [0.2, 0.25) is 5.91 Å². The molecular weight excluding hydrogens is 420 g/mol. The first-order valence-corrected chi connectivity index (χ1v) is 12.1. The maximum absolute atomic E-state index is 12.7. The molecular formula is C21H26N4O5S. The number of sulfone groups is 1. The van der Waals surface area contributed by atoms with Gasteiger partial charge in [0.25, 0.3) is 0 Å². The number of benzene rings is 1. The lowest BCUT2D eigenvalue weighted by atomic mass is 10.1. The first-order chi connectivity index (χ1) is 14.7. The topological polar surface area (TPSA) is 107 Å². The summed E-state index contributed by atoms with van der Waals surface area (Å²) in [5.41, 5.74) is 3.77. The number of carbonyl (C=O) groups excluding carboxylic acids is 1. The first kappa shape index (κ1) is 21.4. The number of carbonyl (C=O) groups is 1. The highest BCUT2D eigenvalue weighted by atomic mass is 32.2. The average Bonchev–Trinajstić information content (AvgIpc) is 3.33. The fourth-order valence-corrected chi connectivity index (χ4v) is 5.89. The lowest BCUT2D eigenvalue weighted by Crippen LogP contribution is -2.28. The van der Waals surface area contributed by atoms with E-state index in [-0.39, 0.29) is 36.4 Å². The summed E-state index contributed by atoms with van der Waals surface area (Å²) < 4.78 is 32.1. The fourth-order valence-electron chi connectivity index (χ4n) is 4.20. The number of hydrogen-bond acceptors (Lipinski definition) is 6. The molecule has 1 aromatic carbocycles. The Bertz CT molecular complexity index is 1300. The third-order valence-electron chi connectivity index (χ3n) is 5.97. The molecule has 4 rings (SSSR count). The molecule has 1 fully saturated rings. The summed E-state index contributed by atoms with van der Waals surface area (Å²) in [6.45, 7) is 4.39. The van der Waals surface area contributed by atoms with Gasteiger partial charge in [-0.2, -0.15) is 5.10 Å². The van der Waals surface area contributed by atoms with Crippen LogP contribution >= 0.6 is 0 Å². The zero-order valence-electron chi connectivity index (χ0n) is 17.9. The highest BCUT2D eigenvalue weighted by Crippen LogP contribution is 2.27. The minimum atomic E-state index is -3.01. The van der Waals surface area contributed by atoms with Gasteiger partial charge in [0.05, 0.1) is 28.8 Å². The Morgan fingerprint density at radius 3 is 2.74 bits per heavy atom. The number of amides is 1. The molecule has 1 aliphatic heterocycles. The zero-order valence-corrected chi connectivity index (χ0v) is 18.7. The predicted octanol–water partition coefficient (Wildman–Crippen LogP) is 1.82. The largest absolute Gasteiger partial charge is 0.419 e. The van der Waals surface area contributed by atoms with Crippen molar-refractivity contribution in [2.75, 3.05) is 18.6 Å². The molecule has 0 radical (unpaired) electrons. The van der Waals surface area contributed by atoms with Crippen molar-refractivity contribution in [1.29, 1.82) is 0 Å². The summed E-state index contributed by atoms with van der Waals surface area (Å²) in [6.07, 6.45) is 0.721. The lowest BCUT2D eigenvalue weighted by molar-refractivity contribution is -0.130. The molecule has 31 heavy (non-hydrogen) atoms. The number of nitrogens with zero attached hydrogens (tertiary/aromatic N) is 4. The Morgan fingerprint density at radius 1 is 1.29 bits per heavy atom. The SMILES string of the molecule is Cc1nn(C2CCS(=O)(=O)C2)c(C)c1CN(C)C(=O)CCn1c(=O)oc2ccccc21. The number of para-hydroxylation sites is 2. The van der Waals surface area contributed by atoms with Crippen molar-refractivity contribution in [3.8, 4) is 0 Å². The number of oxazole rings is 1. The van der Waals surface area contributed by atoms with Crippen LogP contribution in [0.5, 0.6) is 0 Å². The van der Waals surface area contributed by atoms with E-state index < -0.39 is 15.6 Å². The summed E-state index contributed by atoms with van der Waals surface area (Å²) in [6, 6.07) is 6.97. The van der Waals surface area contributed by atoms with Crippen LogP contribution in [0.1, 0.15) is 35.8 Å². The molecule has 166 valence electrons. The molecule has 2 aromatic heterocycles. The lowest BCUT2D eigenvalue weighted by Gasteiger charge is -2.18. The van der Waals surface area contributed by atoms with Crippen molar-refractivity contribution in [2.45, 2.75) is 45.8 Å². The van der Waals surface area contributed by atoms with Crippen LogP contribution in [0.2, 0.25) is 0 Å². The Kier molecular flexibility index (Phi) is 5.50. The molecule has 0 bridgehead atoms. The Morgan fingerprint density at radius 2 is 2.03 bits per heavy atom. The average molecular weight is 447 g/mol. The monoisotopic (exact) mass is 446 g/mol. The van der Waals surface area contributed by atoms with Crippen LogP contribution in [0.4, 0.5) is 0 Å². The molecule has 1 aliphatic rings. The maximum atomic E-state index is 12.7. The van der Waals surface area contributed by atoms with E-state index in [0.29, 0.717) is 24.1 Å². The van der Waals surface area contributed by atoms with E-state index in [1.807, 2.05) is 19.9 Å². The van der Waals surface area contributed by atoms with Gasteiger partial charge in [-0.25, -0.2) is 13.2 Å². The number of fused-ring (bicyclic) bond motifs is 1. The molecule has 1 saturated heterocycles. The molecule has 0 aliphatic carbocycles. The Labute approximate surface area is 180 Å². The zero-order chi connectivity index (χ0) is 22.3. The molecule has 1 amide bonds. The van der Waals surface area contributed by atoms with Crippen LogP contribution in [-0.2, 0) is 27.7 Å². The molecule has 0 spiro atoms. The van der Waals surface area contributed by atoms with Crippen LogP contribution in [0, 0.1) is 13.8 Å². The molecule has 0 saturated carbocycles. The van der Waals surface area contributed by atoms with E-state index in [9.17, 15) is 18.0 Å². The number of aryl methyl sites for hydroxylation is 2. The van der Waals surface area contributed by atoms with Crippen LogP contribution in [0.3, 0.4) is 0 Å². The van der Waals surface area contributed by atoms with Crippen molar-refractivity contribution in [1.82, 2.24) is 19.2 Å². The second kappa shape index (κ2) is 7.99. The number of hydrogen-bond donors (Lipinski definition) is 0. The van der Waals surface area contributed by atoms with Gasteiger partial charge in [0.1, 0.15) is 0 Å². The van der Waals surface area contributed by atoms with Crippen molar-refractivity contribution < 1.29 is 17.6 Å². The van der Waals surface area contributed by atoms with Crippen molar-refractivity contribution in [2.24, 2.45) is 0 Å². The van der Waals surface area contributed by atoms with E-state index in [1.54, 1.807) is 34.8 Å². The highest BCUT2D eigenvalue weighted by molar-refractivity contribution is 7.91. The highest BCUT2D eigenvalue weighted by Gasteiger charge is 2.31.